The third-order valence-electron chi connectivity index (χ3n) is 5.70. The van der Waals surface area contributed by atoms with Crippen molar-refractivity contribution < 1.29 is 4.79 Å². The van der Waals surface area contributed by atoms with E-state index in [0.717, 1.165) is 43.2 Å². The fraction of sp³-hybridized carbons (Fsp3) is 0.938. The molecule has 2 aliphatic carbocycles. The molecular formula is C16H28N2O. The molecular weight excluding hydrogens is 236 g/mol. The van der Waals surface area contributed by atoms with Gasteiger partial charge in [-0.15, -0.1) is 0 Å². The number of piperidine rings is 1. The van der Waals surface area contributed by atoms with Gasteiger partial charge in [-0.2, -0.15) is 0 Å². The smallest absolute Gasteiger partial charge is 0.237 e. The number of rotatable bonds is 4. The monoisotopic (exact) mass is 264 g/mol. The van der Waals surface area contributed by atoms with Crippen LogP contribution in [0.15, 0.2) is 0 Å². The summed E-state index contributed by atoms with van der Waals surface area (Å²) < 4.78 is 0. The van der Waals surface area contributed by atoms with Gasteiger partial charge in [0.15, 0.2) is 0 Å². The topological polar surface area (TPSA) is 41.1 Å². The maximum absolute atomic E-state index is 11.9. The van der Waals surface area contributed by atoms with Gasteiger partial charge in [0.05, 0.1) is 6.04 Å². The van der Waals surface area contributed by atoms with E-state index in [1.807, 2.05) is 6.92 Å². The van der Waals surface area contributed by atoms with Gasteiger partial charge in [0, 0.05) is 6.54 Å². The van der Waals surface area contributed by atoms with Gasteiger partial charge in [0.2, 0.25) is 5.91 Å². The number of likely N-dealkylation sites (N-methyl/N-ethyl adjacent to an activating group) is 1. The zero-order valence-electron chi connectivity index (χ0n) is 12.2. The van der Waals surface area contributed by atoms with Crippen molar-refractivity contribution in [2.45, 2.75) is 57.9 Å². The first-order valence-corrected chi connectivity index (χ1v) is 8.27. The van der Waals surface area contributed by atoms with Gasteiger partial charge >= 0.3 is 0 Å². The van der Waals surface area contributed by atoms with Crippen molar-refractivity contribution in [1.82, 2.24) is 10.6 Å². The van der Waals surface area contributed by atoms with Crippen LogP contribution in [0.1, 0.15) is 51.9 Å². The Hall–Kier alpha value is -0.570. The van der Waals surface area contributed by atoms with E-state index in [0.29, 0.717) is 0 Å². The first-order valence-electron chi connectivity index (χ1n) is 8.27. The first kappa shape index (κ1) is 13.4. The zero-order valence-corrected chi connectivity index (χ0v) is 12.2. The van der Waals surface area contributed by atoms with Crippen LogP contribution in [-0.4, -0.2) is 25.0 Å². The summed E-state index contributed by atoms with van der Waals surface area (Å²) in [6.45, 7) is 3.76. The van der Waals surface area contributed by atoms with Gasteiger partial charge in [-0.25, -0.2) is 0 Å². The van der Waals surface area contributed by atoms with Gasteiger partial charge < -0.3 is 10.6 Å². The molecule has 3 rings (SSSR count). The summed E-state index contributed by atoms with van der Waals surface area (Å²) in [5.41, 5.74) is 0. The van der Waals surface area contributed by atoms with Crippen LogP contribution < -0.4 is 10.6 Å². The molecule has 0 spiro atoms. The Morgan fingerprint density at radius 2 is 2.11 bits per heavy atom. The number of fused-ring (bicyclic) bond motifs is 2. The Morgan fingerprint density at radius 1 is 1.21 bits per heavy atom. The van der Waals surface area contributed by atoms with Gasteiger partial charge in [0.25, 0.3) is 0 Å². The van der Waals surface area contributed by atoms with Crippen LogP contribution in [0.3, 0.4) is 0 Å². The second kappa shape index (κ2) is 5.82. The molecule has 3 fully saturated rings. The van der Waals surface area contributed by atoms with Crippen LogP contribution in [0.4, 0.5) is 0 Å². The van der Waals surface area contributed by atoms with E-state index in [2.05, 4.69) is 10.6 Å². The third kappa shape index (κ3) is 2.96. The highest BCUT2D eigenvalue weighted by atomic mass is 16.2. The molecule has 2 N–H and O–H groups in total. The molecule has 1 heterocycles. The Kier molecular flexibility index (Phi) is 4.11. The number of hydrogen-bond acceptors (Lipinski definition) is 2. The summed E-state index contributed by atoms with van der Waals surface area (Å²) >= 11 is 0. The molecule has 2 saturated carbocycles. The standard InChI is InChI=1S/C16H28N2O/c1-2-17-16(19)15-10-12(5-6-18-15)9-14-8-11-3-4-13(14)7-11/h11-15,18H,2-10H2,1H3,(H,17,19). The van der Waals surface area contributed by atoms with Crippen LogP contribution in [0.5, 0.6) is 0 Å². The summed E-state index contributed by atoms with van der Waals surface area (Å²) in [6, 6.07) is 0.0669. The Bertz CT molecular complexity index is 331. The summed E-state index contributed by atoms with van der Waals surface area (Å²) in [6.07, 6.45) is 9.69. The molecule has 0 aromatic carbocycles. The molecule has 1 amide bonds. The highest BCUT2D eigenvalue weighted by Gasteiger charge is 2.40. The van der Waals surface area contributed by atoms with Crippen molar-refractivity contribution in [3.8, 4) is 0 Å². The Balaban J connectivity index is 1.50. The molecule has 3 aliphatic rings. The van der Waals surface area contributed by atoms with Crippen molar-refractivity contribution in [2.24, 2.45) is 23.7 Å². The van der Waals surface area contributed by atoms with Gasteiger partial charge in [0.1, 0.15) is 0 Å². The average Bonchev–Trinajstić information content (AvgIpc) is 3.02. The molecule has 19 heavy (non-hydrogen) atoms. The number of nitrogens with one attached hydrogen (secondary N) is 2. The van der Waals surface area contributed by atoms with E-state index in [1.165, 1.54) is 38.5 Å². The van der Waals surface area contributed by atoms with Crippen LogP contribution in [0.2, 0.25) is 0 Å². The highest BCUT2D eigenvalue weighted by molar-refractivity contribution is 5.81. The van der Waals surface area contributed by atoms with Crippen LogP contribution in [0.25, 0.3) is 0 Å². The third-order valence-corrected chi connectivity index (χ3v) is 5.70. The van der Waals surface area contributed by atoms with E-state index in [-0.39, 0.29) is 11.9 Å². The SMILES string of the molecule is CCNC(=O)C1CC(CC2CC3CCC2C3)CCN1. The highest BCUT2D eigenvalue weighted by Crippen LogP contribution is 2.51. The minimum atomic E-state index is 0.0669. The van der Waals surface area contributed by atoms with Gasteiger partial charge in [-0.1, -0.05) is 6.42 Å². The van der Waals surface area contributed by atoms with E-state index < -0.39 is 0 Å². The van der Waals surface area contributed by atoms with Crippen molar-refractivity contribution in [3.05, 3.63) is 0 Å². The van der Waals surface area contributed by atoms with E-state index >= 15 is 0 Å². The molecule has 5 atom stereocenters. The van der Waals surface area contributed by atoms with Gasteiger partial charge in [-0.05, 0) is 75.7 Å². The maximum Gasteiger partial charge on any atom is 0.237 e. The lowest BCUT2D eigenvalue weighted by Crippen LogP contribution is -2.49. The molecule has 5 unspecified atom stereocenters. The lowest BCUT2D eigenvalue weighted by molar-refractivity contribution is -0.124. The molecule has 1 aliphatic heterocycles. The van der Waals surface area contributed by atoms with Crippen molar-refractivity contribution in [1.29, 1.82) is 0 Å². The number of carbonyl (C=O) groups is 1. The summed E-state index contributed by atoms with van der Waals surface area (Å²) in [4.78, 5) is 11.9. The molecule has 0 radical (unpaired) electrons. The first-order chi connectivity index (χ1) is 9.26. The second-order valence-corrected chi connectivity index (χ2v) is 6.96. The Labute approximate surface area is 116 Å². The lowest BCUT2D eigenvalue weighted by atomic mass is 9.78. The van der Waals surface area contributed by atoms with E-state index in [4.69, 9.17) is 0 Å². The minimum absolute atomic E-state index is 0.0669. The second-order valence-electron chi connectivity index (χ2n) is 6.96. The van der Waals surface area contributed by atoms with Crippen LogP contribution in [0, 0.1) is 23.7 Å². The van der Waals surface area contributed by atoms with Crippen molar-refractivity contribution in [3.63, 3.8) is 0 Å². The minimum Gasteiger partial charge on any atom is -0.355 e. The summed E-state index contributed by atoms with van der Waals surface area (Å²) in [5.74, 6) is 4.05. The van der Waals surface area contributed by atoms with Crippen LogP contribution >= 0.6 is 0 Å². The van der Waals surface area contributed by atoms with E-state index in [9.17, 15) is 4.79 Å². The maximum atomic E-state index is 11.9. The fourth-order valence-corrected chi connectivity index (χ4v) is 4.80. The van der Waals surface area contributed by atoms with E-state index in [1.54, 1.807) is 0 Å². The Morgan fingerprint density at radius 3 is 2.79 bits per heavy atom. The number of hydrogen-bond donors (Lipinski definition) is 2. The van der Waals surface area contributed by atoms with Crippen molar-refractivity contribution in [2.75, 3.05) is 13.1 Å². The summed E-state index contributed by atoms with van der Waals surface area (Å²) in [7, 11) is 0. The number of carbonyl (C=O) groups excluding carboxylic acids is 1. The molecule has 3 heteroatoms. The molecule has 108 valence electrons. The van der Waals surface area contributed by atoms with Gasteiger partial charge in [-0.3, -0.25) is 4.79 Å². The fourth-order valence-electron chi connectivity index (χ4n) is 4.80. The molecule has 2 bridgehead atoms. The average molecular weight is 264 g/mol. The van der Waals surface area contributed by atoms with Crippen molar-refractivity contribution >= 4 is 5.91 Å². The van der Waals surface area contributed by atoms with Crippen LogP contribution in [-0.2, 0) is 4.79 Å². The molecule has 1 saturated heterocycles. The normalized spacial score (nSPS) is 41.4. The largest absolute Gasteiger partial charge is 0.355 e. The molecule has 0 aromatic rings. The molecule has 0 aromatic heterocycles. The molecule has 3 nitrogen and oxygen atoms in total. The lowest BCUT2D eigenvalue weighted by Gasteiger charge is -2.33. The summed E-state index contributed by atoms with van der Waals surface area (Å²) in [5, 5.41) is 6.34. The quantitative estimate of drug-likeness (QED) is 0.818. The predicted molar refractivity (Wildman–Crippen MR) is 76.8 cm³/mol. The number of amides is 1. The zero-order chi connectivity index (χ0) is 13.2. The predicted octanol–water partition coefficient (Wildman–Crippen LogP) is 2.32.